The summed E-state index contributed by atoms with van der Waals surface area (Å²) in [4.78, 5) is 14.6. The fourth-order valence-corrected chi connectivity index (χ4v) is 1.62. The molecule has 100 valence electrons. The molecular weight excluding hydrogens is 287 g/mol. The van der Waals surface area contributed by atoms with Crippen LogP contribution in [-0.4, -0.2) is 16.1 Å². The minimum absolute atomic E-state index is 0.0611. The van der Waals surface area contributed by atoms with Gasteiger partial charge in [0, 0.05) is 12.1 Å². The SMILES string of the molecule is N#Cc1ccc(Oc2cc(C(=O)O)cc(Cl)n2)cc1F. The van der Waals surface area contributed by atoms with Crippen LogP contribution in [0.4, 0.5) is 4.39 Å². The van der Waals surface area contributed by atoms with Gasteiger partial charge in [-0.25, -0.2) is 14.2 Å². The largest absolute Gasteiger partial charge is 0.478 e. The molecule has 0 amide bonds. The fraction of sp³-hybridized carbons (Fsp3) is 0. The number of rotatable bonds is 3. The van der Waals surface area contributed by atoms with E-state index in [4.69, 9.17) is 26.7 Å². The van der Waals surface area contributed by atoms with Crippen LogP contribution < -0.4 is 4.74 Å². The summed E-state index contributed by atoms with van der Waals surface area (Å²) in [5.74, 6) is -1.94. The zero-order chi connectivity index (χ0) is 14.7. The Balaban J connectivity index is 2.33. The smallest absolute Gasteiger partial charge is 0.335 e. The molecule has 1 N–H and O–H groups in total. The minimum atomic E-state index is -1.19. The second kappa shape index (κ2) is 5.55. The number of halogens is 2. The number of hydrogen-bond acceptors (Lipinski definition) is 4. The Hall–Kier alpha value is -2.65. The highest BCUT2D eigenvalue weighted by Gasteiger charge is 2.10. The van der Waals surface area contributed by atoms with Crippen LogP contribution >= 0.6 is 11.6 Å². The van der Waals surface area contributed by atoms with E-state index in [9.17, 15) is 9.18 Å². The van der Waals surface area contributed by atoms with Crippen LogP contribution in [-0.2, 0) is 0 Å². The molecule has 1 heterocycles. The monoisotopic (exact) mass is 292 g/mol. The maximum atomic E-state index is 13.4. The number of carbonyl (C=O) groups is 1. The lowest BCUT2D eigenvalue weighted by molar-refractivity contribution is 0.0696. The molecule has 0 radical (unpaired) electrons. The van der Waals surface area contributed by atoms with Gasteiger partial charge in [-0.1, -0.05) is 11.6 Å². The predicted octanol–water partition coefficient (Wildman–Crippen LogP) is 3.24. The van der Waals surface area contributed by atoms with Crippen LogP contribution in [0.3, 0.4) is 0 Å². The van der Waals surface area contributed by atoms with Gasteiger partial charge in [0.25, 0.3) is 0 Å². The highest BCUT2D eigenvalue weighted by atomic mass is 35.5. The first kappa shape index (κ1) is 13.8. The summed E-state index contributed by atoms with van der Waals surface area (Å²) in [6, 6.07) is 7.61. The van der Waals surface area contributed by atoms with Gasteiger partial charge in [-0.15, -0.1) is 0 Å². The molecule has 1 aromatic carbocycles. The quantitative estimate of drug-likeness (QED) is 0.878. The minimum Gasteiger partial charge on any atom is -0.478 e. The molecular formula is C13H6ClFN2O3. The number of ether oxygens (including phenoxy) is 1. The van der Waals surface area contributed by atoms with E-state index in [1.165, 1.54) is 12.1 Å². The number of carboxylic acids is 1. The Morgan fingerprint density at radius 1 is 1.40 bits per heavy atom. The Morgan fingerprint density at radius 2 is 2.15 bits per heavy atom. The van der Waals surface area contributed by atoms with Crippen molar-refractivity contribution in [2.45, 2.75) is 0 Å². The molecule has 0 fully saturated rings. The lowest BCUT2D eigenvalue weighted by Gasteiger charge is -2.06. The first-order valence-electron chi connectivity index (χ1n) is 5.28. The van der Waals surface area contributed by atoms with Gasteiger partial charge in [0.2, 0.25) is 5.88 Å². The predicted molar refractivity (Wildman–Crippen MR) is 67.4 cm³/mol. The van der Waals surface area contributed by atoms with Gasteiger partial charge in [0.15, 0.2) is 0 Å². The number of carboxylic acid groups (broad SMARTS) is 1. The number of benzene rings is 1. The molecule has 0 saturated carbocycles. The number of nitriles is 1. The number of aromatic nitrogens is 1. The summed E-state index contributed by atoms with van der Waals surface area (Å²) < 4.78 is 18.6. The molecule has 0 aliphatic heterocycles. The van der Waals surface area contributed by atoms with Gasteiger partial charge in [0.1, 0.15) is 22.8 Å². The topological polar surface area (TPSA) is 83.2 Å². The molecule has 0 aliphatic carbocycles. The highest BCUT2D eigenvalue weighted by Crippen LogP contribution is 2.24. The second-order valence-electron chi connectivity index (χ2n) is 3.68. The molecule has 0 saturated heterocycles. The van der Waals surface area contributed by atoms with Crippen molar-refractivity contribution in [1.29, 1.82) is 5.26 Å². The molecule has 2 aromatic rings. The number of hydrogen-bond donors (Lipinski definition) is 1. The molecule has 1 aromatic heterocycles. The zero-order valence-corrected chi connectivity index (χ0v) is 10.6. The highest BCUT2D eigenvalue weighted by molar-refractivity contribution is 6.29. The van der Waals surface area contributed by atoms with Crippen molar-refractivity contribution in [2.75, 3.05) is 0 Å². The lowest BCUT2D eigenvalue weighted by Crippen LogP contribution is -1.99. The van der Waals surface area contributed by atoms with Crippen molar-refractivity contribution >= 4 is 17.6 Å². The Labute approximate surface area is 117 Å². The first-order valence-corrected chi connectivity index (χ1v) is 5.66. The van der Waals surface area contributed by atoms with Crippen LogP contribution in [0.2, 0.25) is 5.15 Å². The van der Waals surface area contributed by atoms with Gasteiger partial charge in [-0.2, -0.15) is 5.26 Å². The molecule has 5 nitrogen and oxygen atoms in total. The summed E-state index contributed by atoms with van der Waals surface area (Å²) in [5, 5.41) is 17.4. The Kier molecular flexibility index (Phi) is 3.82. The van der Waals surface area contributed by atoms with Crippen molar-refractivity contribution in [3.05, 3.63) is 52.4 Å². The lowest BCUT2D eigenvalue weighted by atomic mass is 10.2. The Bertz CT molecular complexity index is 728. The van der Waals surface area contributed by atoms with Crippen LogP contribution in [0, 0.1) is 17.1 Å². The molecule has 7 heteroatoms. The van der Waals surface area contributed by atoms with E-state index in [1.54, 1.807) is 6.07 Å². The van der Waals surface area contributed by atoms with Crippen molar-refractivity contribution in [3.8, 4) is 17.7 Å². The van der Waals surface area contributed by atoms with E-state index in [1.807, 2.05) is 0 Å². The molecule has 0 unspecified atom stereocenters. The van der Waals surface area contributed by atoms with E-state index in [0.29, 0.717) is 0 Å². The van der Waals surface area contributed by atoms with Crippen LogP contribution in [0.5, 0.6) is 11.6 Å². The van der Waals surface area contributed by atoms with Gasteiger partial charge in [0.05, 0.1) is 11.1 Å². The number of aromatic carboxylic acids is 1. The van der Waals surface area contributed by atoms with Gasteiger partial charge in [-0.05, 0) is 18.2 Å². The van der Waals surface area contributed by atoms with E-state index >= 15 is 0 Å². The van der Waals surface area contributed by atoms with Crippen molar-refractivity contribution in [3.63, 3.8) is 0 Å². The van der Waals surface area contributed by atoms with Crippen LogP contribution in [0.1, 0.15) is 15.9 Å². The van der Waals surface area contributed by atoms with Crippen LogP contribution in [0.15, 0.2) is 30.3 Å². The third-order valence-electron chi connectivity index (χ3n) is 2.30. The van der Waals surface area contributed by atoms with E-state index < -0.39 is 11.8 Å². The number of nitrogens with zero attached hydrogens (tertiary/aromatic N) is 2. The summed E-state index contributed by atoms with van der Waals surface area (Å²) in [6.07, 6.45) is 0. The van der Waals surface area contributed by atoms with Crippen LogP contribution in [0.25, 0.3) is 0 Å². The summed E-state index contributed by atoms with van der Waals surface area (Å²) >= 11 is 5.67. The standard InChI is InChI=1S/C13H6ClFN2O3/c14-11-3-8(13(18)19)4-12(17-11)20-9-2-1-7(6-16)10(15)5-9/h1-5H,(H,18,19). The second-order valence-corrected chi connectivity index (χ2v) is 4.06. The van der Waals surface area contributed by atoms with Gasteiger partial charge < -0.3 is 9.84 Å². The first-order chi connectivity index (χ1) is 9.49. The molecule has 0 aliphatic rings. The molecule has 2 rings (SSSR count). The van der Waals surface area contributed by atoms with Gasteiger partial charge >= 0.3 is 5.97 Å². The number of pyridine rings is 1. The van der Waals surface area contributed by atoms with E-state index in [2.05, 4.69) is 4.98 Å². The van der Waals surface area contributed by atoms with Crippen molar-refractivity contribution in [2.24, 2.45) is 0 Å². The van der Waals surface area contributed by atoms with E-state index in [-0.39, 0.29) is 27.9 Å². The summed E-state index contributed by atoms with van der Waals surface area (Å²) in [5.41, 5.74) is -0.225. The maximum absolute atomic E-state index is 13.4. The average Bonchev–Trinajstić information content (AvgIpc) is 2.38. The Morgan fingerprint density at radius 3 is 2.75 bits per heavy atom. The van der Waals surface area contributed by atoms with E-state index in [0.717, 1.165) is 18.2 Å². The summed E-state index contributed by atoms with van der Waals surface area (Å²) in [6.45, 7) is 0. The van der Waals surface area contributed by atoms with Crippen molar-refractivity contribution < 1.29 is 19.0 Å². The summed E-state index contributed by atoms with van der Waals surface area (Å²) in [7, 11) is 0. The van der Waals surface area contributed by atoms with Gasteiger partial charge in [-0.3, -0.25) is 0 Å². The maximum Gasteiger partial charge on any atom is 0.335 e. The zero-order valence-electron chi connectivity index (χ0n) is 9.80. The molecule has 0 spiro atoms. The third-order valence-corrected chi connectivity index (χ3v) is 2.49. The molecule has 20 heavy (non-hydrogen) atoms. The third kappa shape index (κ3) is 3.02. The molecule has 0 bridgehead atoms. The molecule has 0 atom stereocenters. The normalized spacial score (nSPS) is 9.85. The average molecular weight is 293 g/mol. The van der Waals surface area contributed by atoms with Crippen molar-refractivity contribution in [1.82, 2.24) is 4.98 Å². The fourth-order valence-electron chi connectivity index (χ4n) is 1.42.